The molecule has 0 aromatic heterocycles. The lowest BCUT2D eigenvalue weighted by atomic mass is 9.86. The van der Waals surface area contributed by atoms with Crippen LogP contribution in [-0.4, -0.2) is 24.0 Å². The van der Waals surface area contributed by atoms with Crippen molar-refractivity contribution in [1.82, 2.24) is 0 Å². The maximum absolute atomic E-state index is 13.9. The summed E-state index contributed by atoms with van der Waals surface area (Å²) in [6, 6.07) is 0.866. The van der Waals surface area contributed by atoms with Crippen LogP contribution in [0.1, 0.15) is 58.4 Å². The van der Waals surface area contributed by atoms with Crippen molar-refractivity contribution in [1.29, 1.82) is 0 Å². The first kappa shape index (κ1) is 27.7. The minimum Gasteiger partial charge on any atom is -0.327 e. The number of benzene rings is 1. The van der Waals surface area contributed by atoms with Crippen molar-refractivity contribution in [2.45, 2.75) is 71.3 Å². The van der Waals surface area contributed by atoms with Crippen LogP contribution in [0, 0.1) is 23.4 Å². The third-order valence-electron chi connectivity index (χ3n) is 5.29. The van der Waals surface area contributed by atoms with Gasteiger partial charge in [0.1, 0.15) is 11.5 Å². The quantitative estimate of drug-likeness (QED) is 0.163. The summed E-state index contributed by atoms with van der Waals surface area (Å²) in [5.74, 6) is -6.51. The summed E-state index contributed by atoms with van der Waals surface area (Å²) in [5.41, 5.74) is 6.03. The lowest BCUT2D eigenvalue weighted by Gasteiger charge is -2.24. The maximum Gasteiger partial charge on any atom is 0.286 e. The number of ketones is 1. The number of carbonyl (C=O) groups excluding carboxylic acids is 1. The van der Waals surface area contributed by atoms with Gasteiger partial charge < -0.3 is 5.73 Å². The summed E-state index contributed by atoms with van der Waals surface area (Å²) >= 11 is 0. The Bertz CT molecular complexity index is 859. The van der Waals surface area contributed by atoms with E-state index in [-0.39, 0.29) is 30.1 Å². The number of halogens is 5. The van der Waals surface area contributed by atoms with Gasteiger partial charge in [-0.1, -0.05) is 19.9 Å². The van der Waals surface area contributed by atoms with Gasteiger partial charge in [0.2, 0.25) is 0 Å². The number of alkyl halides is 2. The summed E-state index contributed by atoms with van der Waals surface area (Å²) in [6.07, 6.45) is 5.48. The first-order valence-electron chi connectivity index (χ1n) is 10.6. The predicted octanol–water partition coefficient (Wildman–Crippen LogP) is 6.32. The summed E-state index contributed by atoms with van der Waals surface area (Å²) in [5, 5.41) is 0. The Morgan fingerprint density at radius 2 is 1.81 bits per heavy atom. The van der Waals surface area contributed by atoms with Gasteiger partial charge in [-0.2, -0.15) is 8.78 Å². The normalized spacial score (nSPS) is 14.6. The molecule has 0 radical (unpaired) electrons. The molecule has 178 valence electrons. The molecule has 8 heteroatoms. The summed E-state index contributed by atoms with van der Waals surface area (Å²) in [6.45, 7) is 7.41. The summed E-state index contributed by atoms with van der Waals surface area (Å²) in [4.78, 5) is 15.8. The van der Waals surface area contributed by atoms with Gasteiger partial charge >= 0.3 is 0 Å². The second-order valence-corrected chi connectivity index (χ2v) is 8.05. The molecule has 1 rings (SSSR count). The molecule has 0 aliphatic carbocycles. The van der Waals surface area contributed by atoms with E-state index in [1.165, 1.54) is 6.08 Å². The standard InChI is InChI=1S/C24H31F5N2O/c1-5-7-17(22(30)13-18-12-20(26)21(27)14-19(18)25)8-6-9-23(32)15(2)10-11-31-16(3)24(4,28)29/h10-12,14,17,22H,3,5-9,13,30H2,1-2,4H3/b15-10+,31-11?. The largest absolute Gasteiger partial charge is 0.327 e. The zero-order valence-electron chi connectivity index (χ0n) is 18.7. The molecule has 0 saturated carbocycles. The van der Waals surface area contributed by atoms with Crippen LogP contribution in [0.5, 0.6) is 0 Å². The SMILES string of the molecule is C=C(N=C/C=C(\C)C(=O)CCCC(CCC)C(N)Cc1cc(F)c(F)cc1F)C(C)(F)F. The Labute approximate surface area is 186 Å². The molecular weight excluding hydrogens is 427 g/mol. The van der Waals surface area contributed by atoms with Crippen LogP contribution in [0.15, 0.2) is 41.1 Å². The highest BCUT2D eigenvalue weighted by Crippen LogP contribution is 2.24. The highest BCUT2D eigenvalue weighted by atomic mass is 19.3. The number of rotatable bonds is 13. The van der Waals surface area contributed by atoms with Crippen molar-refractivity contribution in [3.63, 3.8) is 0 Å². The van der Waals surface area contributed by atoms with Gasteiger partial charge in [0.05, 0.1) is 0 Å². The minimum absolute atomic E-state index is 0.0193. The molecule has 0 aliphatic rings. The van der Waals surface area contributed by atoms with E-state index >= 15 is 0 Å². The van der Waals surface area contributed by atoms with E-state index in [1.54, 1.807) is 6.92 Å². The molecule has 2 unspecified atom stereocenters. The molecule has 1 aromatic rings. The number of Topliss-reactive ketones (excluding diaryl/α,β-unsaturated/α-hetero) is 1. The van der Waals surface area contributed by atoms with Gasteiger partial charge in [-0.3, -0.25) is 9.79 Å². The van der Waals surface area contributed by atoms with Crippen molar-refractivity contribution < 1.29 is 26.7 Å². The van der Waals surface area contributed by atoms with Gasteiger partial charge in [0.25, 0.3) is 5.92 Å². The second kappa shape index (κ2) is 12.6. The van der Waals surface area contributed by atoms with Crippen molar-refractivity contribution in [3.8, 4) is 0 Å². The Morgan fingerprint density at radius 1 is 1.19 bits per heavy atom. The fourth-order valence-corrected chi connectivity index (χ4v) is 3.25. The highest BCUT2D eigenvalue weighted by molar-refractivity contribution is 5.98. The third-order valence-corrected chi connectivity index (χ3v) is 5.29. The molecule has 2 N–H and O–H groups in total. The van der Waals surface area contributed by atoms with Gasteiger partial charge in [-0.15, -0.1) is 0 Å². The molecule has 2 atom stereocenters. The first-order valence-corrected chi connectivity index (χ1v) is 10.6. The monoisotopic (exact) mass is 458 g/mol. The van der Waals surface area contributed by atoms with E-state index in [1.807, 2.05) is 6.92 Å². The van der Waals surface area contributed by atoms with Gasteiger partial charge in [0, 0.05) is 31.7 Å². The van der Waals surface area contributed by atoms with Crippen LogP contribution in [0.2, 0.25) is 0 Å². The van der Waals surface area contributed by atoms with E-state index in [0.717, 1.165) is 25.1 Å². The molecule has 0 fully saturated rings. The van der Waals surface area contributed by atoms with E-state index in [9.17, 15) is 26.7 Å². The van der Waals surface area contributed by atoms with Crippen molar-refractivity contribution in [3.05, 3.63) is 59.1 Å². The average molecular weight is 459 g/mol. The number of hydrogen-bond acceptors (Lipinski definition) is 3. The van der Waals surface area contributed by atoms with E-state index in [2.05, 4.69) is 11.6 Å². The van der Waals surface area contributed by atoms with E-state index < -0.39 is 35.1 Å². The molecule has 0 aliphatic heterocycles. The van der Waals surface area contributed by atoms with Gasteiger partial charge in [-0.25, -0.2) is 13.2 Å². The van der Waals surface area contributed by atoms with E-state index in [0.29, 0.717) is 31.4 Å². The van der Waals surface area contributed by atoms with Crippen LogP contribution < -0.4 is 5.73 Å². The molecule has 1 aromatic carbocycles. The van der Waals surface area contributed by atoms with E-state index in [4.69, 9.17) is 5.73 Å². The zero-order valence-corrected chi connectivity index (χ0v) is 18.7. The first-order chi connectivity index (χ1) is 14.9. The highest BCUT2D eigenvalue weighted by Gasteiger charge is 2.25. The fourth-order valence-electron chi connectivity index (χ4n) is 3.25. The topological polar surface area (TPSA) is 55.5 Å². The number of carbonyl (C=O) groups is 1. The minimum atomic E-state index is -3.13. The summed E-state index contributed by atoms with van der Waals surface area (Å²) in [7, 11) is 0. The van der Waals surface area contributed by atoms with Gasteiger partial charge in [0.15, 0.2) is 17.4 Å². The van der Waals surface area contributed by atoms with Crippen LogP contribution in [0.25, 0.3) is 0 Å². The Morgan fingerprint density at radius 3 is 2.41 bits per heavy atom. The Kier molecular flexibility index (Phi) is 10.9. The smallest absolute Gasteiger partial charge is 0.286 e. The fraction of sp³-hybridized carbons (Fsp3) is 0.500. The second-order valence-electron chi connectivity index (χ2n) is 8.05. The lowest BCUT2D eigenvalue weighted by molar-refractivity contribution is -0.115. The third kappa shape index (κ3) is 9.02. The van der Waals surface area contributed by atoms with Crippen LogP contribution in [0.3, 0.4) is 0 Å². The maximum atomic E-state index is 13.9. The molecule has 0 spiro atoms. The van der Waals surface area contributed by atoms with Crippen molar-refractivity contribution in [2.75, 3.05) is 0 Å². The number of hydrogen-bond donors (Lipinski definition) is 1. The molecule has 0 amide bonds. The van der Waals surface area contributed by atoms with Crippen molar-refractivity contribution in [2.24, 2.45) is 16.6 Å². The lowest BCUT2D eigenvalue weighted by Crippen LogP contribution is -2.33. The predicted molar refractivity (Wildman–Crippen MR) is 117 cm³/mol. The van der Waals surface area contributed by atoms with Gasteiger partial charge in [-0.05, 0) is 61.8 Å². The summed E-state index contributed by atoms with van der Waals surface area (Å²) < 4.78 is 66.5. The Balaban J connectivity index is 2.65. The number of nitrogens with zero attached hydrogens (tertiary/aromatic N) is 1. The number of nitrogens with two attached hydrogens (primary N) is 1. The van der Waals surface area contributed by atoms with Crippen LogP contribution >= 0.6 is 0 Å². The molecule has 32 heavy (non-hydrogen) atoms. The number of aliphatic imine (C=N–C) groups is 1. The average Bonchev–Trinajstić information content (AvgIpc) is 2.70. The van der Waals surface area contributed by atoms with Crippen molar-refractivity contribution >= 4 is 12.0 Å². The zero-order chi connectivity index (χ0) is 24.5. The molecule has 3 nitrogen and oxygen atoms in total. The Hall–Kier alpha value is -2.35. The van der Waals surface area contributed by atoms with Crippen LogP contribution in [0.4, 0.5) is 22.0 Å². The molecule has 0 saturated heterocycles. The number of allylic oxidation sites excluding steroid dienone is 3. The van der Waals surface area contributed by atoms with Crippen LogP contribution in [-0.2, 0) is 11.2 Å². The molecule has 0 heterocycles. The molecular formula is C24H31F5N2O. The molecule has 0 bridgehead atoms.